The van der Waals surface area contributed by atoms with Crippen LogP contribution >= 0.6 is 0 Å². The van der Waals surface area contributed by atoms with Crippen LogP contribution < -0.4 is 17.0 Å². The average Bonchev–Trinajstić information content (AvgIpc) is 2.80. The van der Waals surface area contributed by atoms with Crippen LogP contribution in [-0.2, 0) is 9.53 Å². The first-order chi connectivity index (χ1) is 11.6. The van der Waals surface area contributed by atoms with E-state index in [4.69, 9.17) is 16.2 Å². The zero-order valence-corrected chi connectivity index (χ0v) is 13.8. The summed E-state index contributed by atoms with van der Waals surface area (Å²) in [6.07, 6.45) is -1.90. The van der Waals surface area contributed by atoms with E-state index in [1.165, 1.54) is 20.8 Å². The maximum atomic E-state index is 14.2. The second-order valence-electron chi connectivity index (χ2n) is 5.66. The van der Waals surface area contributed by atoms with E-state index in [-0.39, 0.29) is 17.0 Å². The largest absolute Gasteiger partial charge is 0.436 e. The SMILES string of the molecule is CC#CC(C)(N)[C@@H](OC(=O)[C@H](C)O)n1cc(F)c2c(=O)[nH]c(N)nc21. The fraction of sp³-hybridized carbons (Fsp3) is 0.400. The molecule has 0 aliphatic carbocycles. The van der Waals surface area contributed by atoms with E-state index in [9.17, 15) is 19.1 Å². The Balaban J connectivity index is 2.73. The summed E-state index contributed by atoms with van der Waals surface area (Å²) in [7, 11) is 0. The van der Waals surface area contributed by atoms with Crippen molar-refractivity contribution in [1.82, 2.24) is 14.5 Å². The van der Waals surface area contributed by atoms with Crippen LogP contribution in [0.4, 0.5) is 10.3 Å². The van der Waals surface area contributed by atoms with Crippen molar-refractivity contribution in [2.24, 2.45) is 5.73 Å². The van der Waals surface area contributed by atoms with E-state index >= 15 is 0 Å². The molecule has 3 atom stereocenters. The zero-order valence-electron chi connectivity index (χ0n) is 13.8. The van der Waals surface area contributed by atoms with E-state index < -0.39 is 35.2 Å². The first kappa shape index (κ1) is 18.4. The molecular formula is C15H18FN5O4. The molecule has 2 heterocycles. The summed E-state index contributed by atoms with van der Waals surface area (Å²) in [6.45, 7) is 4.17. The predicted molar refractivity (Wildman–Crippen MR) is 87.6 cm³/mol. The first-order valence-electron chi connectivity index (χ1n) is 7.25. The monoisotopic (exact) mass is 351 g/mol. The molecule has 0 bridgehead atoms. The molecular weight excluding hydrogens is 333 g/mol. The minimum atomic E-state index is -1.48. The Morgan fingerprint density at radius 1 is 1.60 bits per heavy atom. The van der Waals surface area contributed by atoms with Gasteiger partial charge in [0.15, 0.2) is 11.5 Å². The number of nitrogens with one attached hydrogen (secondary N) is 1. The molecule has 0 saturated heterocycles. The molecule has 6 N–H and O–H groups in total. The number of nitrogens with two attached hydrogens (primary N) is 2. The first-order valence-corrected chi connectivity index (χ1v) is 7.25. The molecule has 2 aromatic heterocycles. The number of nitrogens with zero attached hydrogens (tertiary/aromatic N) is 2. The van der Waals surface area contributed by atoms with Gasteiger partial charge in [-0.1, -0.05) is 5.92 Å². The van der Waals surface area contributed by atoms with Gasteiger partial charge in [-0.25, -0.2) is 9.18 Å². The summed E-state index contributed by atoms with van der Waals surface area (Å²) in [5.41, 5.74) is 9.18. The lowest BCUT2D eigenvalue weighted by atomic mass is 10.0. The Bertz CT molecular complexity index is 935. The van der Waals surface area contributed by atoms with Crippen molar-refractivity contribution in [1.29, 1.82) is 0 Å². The van der Waals surface area contributed by atoms with Crippen molar-refractivity contribution >= 4 is 23.0 Å². The quantitative estimate of drug-likeness (QED) is 0.433. The molecule has 0 saturated carbocycles. The van der Waals surface area contributed by atoms with Gasteiger partial charge < -0.3 is 21.3 Å². The molecule has 0 aromatic carbocycles. The molecule has 0 aliphatic heterocycles. The van der Waals surface area contributed by atoms with Crippen LogP contribution in [-0.4, -0.2) is 37.3 Å². The van der Waals surface area contributed by atoms with Crippen molar-refractivity contribution in [3.8, 4) is 11.8 Å². The van der Waals surface area contributed by atoms with E-state index in [0.29, 0.717) is 0 Å². The molecule has 0 spiro atoms. The number of anilines is 1. The Morgan fingerprint density at radius 3 is 2.80 bits per heavy atom. The van der Waals surface area contributed by atoms with E-state index in [1.807, 2.05) is 0 Å². The maximum absolute atomic E-state index is 14.2. The van der Waals surface area contributed by atoms with Crippen LogP contribution in [0.15, 0.2) is 11.0 Å². The molecule has 1 unspecified atom stereocenters. The normalized spacial score (nSPS) is 15.8. The smallest absolute Gasteiger partial charge is 0.336 e. The fourth-order valence-electron chi connectivity index (χ4n) is 2.31. The Morgan fingerprint density at radius 2 is 2.24 bits per heavy atom. The predicted octanol–water partition coefficient (Wildman–Crippen LogP) is -0.391. The van der Waals surface area contributed by atoms with Gasteiger partial charge in [0.25, 0.3) is 5.56 Å². The van der Waals surface area contributed by atoms with Gasteiger partial charge >= 0.3 is 5.97 Å². The van der Waals surface area contributed by atoms with Crippen LogP contribution in [0.5, 0.6) is 0 Å². The number of carbonyl (C=O) groups is 1. The molecule has 2 rings (SSSR count). The number of H-pyrrole nitrogens is 1. The van der Waals surface area contributed by atoms with Crippen molar-refractivity contribution < 1.29 is 19.0 Å². The molecule has 10 heteroatoms. The van der Waals surface area contributed by atoms with Crippen molar-refractivity contribution in [3.63, 3.8) is 0 Å². The van der Waals surface area contributed by atoms with Crippen LogP contribution in [0.25, 0.3) is 11.0 Å². The van der Waals surface area contributed by atoms with E-state index in [1.54, 1.807) is 0 Å². The van der Waals surface area contributed by atoms with E-state index in [0.717, 1.165) is 10.8 Å². The van der Waals surface area contributed by atoms with Gasteiger partial charge in [-0.15, -0.1) is 5.92 Å². The van der Waals surface area contributed by atoms with Gasteiger partial charge in [0.05, 0.1) is 0 Å². The number of aromatic nitrogens is 3. The highest BCUT2D eigenvalue weighted by atomic mass is 19.1. The Labute approximate surface area is 141 Å². The Kier molecular flexibility index (Phi) is 4.82. The molecule has 0 radical (unpaired) electrons. The number of aromatic amines is 1. The van der Waals surface area contributed by atoms with Crippen molar-refractivity contribution in [2.75, 3.05) is 5.73 Å². The molecule has 0 fully saturated rings. The maximum Gasteiger partial charge on any atom is 0.336 e. The van der Waals surface area contributed by atoms with Gasteiger partial charge in [0.1, 0.15) is 17.0 Å². The second-order valence-corrected chi connectivity index (χ2v) is 5.66. The van der Waals surface area contributed by atoms with Gasteiger partial charge in [-0.2, -0.15) is 4.98 Å². The van der Waals surface area contributed by atoms with Crippen molar-refractivity contribution in [2.45, 2.75) is 38.6 Å². The summed E-state index contributed by atoms with van der Waals surface area (Å²) >= 11 is 0. The third-order valence-electron chi connectivity index (χ3n) is 3.38. The minimum absolute atomic E-state index is 0.170. The minimum Gasteiger partial charge on any atom is -0.436 e. The standard InChI is InChI=1S/C15H18FN5O4/c1-4-5-15(3,18)13(25-12(24)7(2)22)21-6-8(16)9-10(21)19-14(17)20-11(9)23/h6-7,13,22H,18H2,1-3H3,(H3,17,19,20,23)/t7-,13+,15?/m0/s1. The molecule has 25 heavy (non-hydrogen) atoms. The van der Waals surface area contributed by atoms with Gasteiger partial charge in [0.2, 0.25) is 12.2 Å². The molecule has 2 aromatic rings. The van der Waals surface area contributed by atoms with Gasteiger partial charge in [-0.3, -0.25) is 14.3 Å². The van der Waals surface area contributed by atoms with Crippen LogP contribution in [0.3, 0.4) is 0 Å². The van der Waals surface area contributed by atoms with Crippen LogP contribution in [0.1, 0.15) is 27.0 Å². The number of esters is 1. The highest BCUT2D eigenvalue weighted by Crippen LogP contribution is 2.28. The molecule has 0 amide bonds. The molecule has 9 nitrogen and oxygen atoms in total. The Hall–Kier alpha value is -2.90. The average molecular weight is 351 g/mol. The second kappa shape index (κ2) is 6.54. The van der Waals surface area contributed by atoms with Crippen molar-refractivity contribution in [3.05, 3.63) is 22.4 Å². The van der Waals surface area contributed by atoms with Gasteiger partial charge in [-0.05, 0) is 20.8 Å². The highest BCUT2D eigenvalue weighted by molar-refractivity contribution is 5.78. The summed E-state index contributed by atoms with van der Waals surface area (Å²) in [5, 5.41) is 9.03. The zero-order chi connectivity index (χ0) is 18.9. The number of fused-ring (bicyclic) bond motifs is 1. The summed E-state index contributed by atoms with van der Waals surface area (Å²) in [5.74, 6) is 3.08. The number of aliphatic hydroxyl groups excluding tert-OH is 1. The number of ether oxygens (including phenoxy) is 1. The summed E-state index contributed by atoms with van der Waals surface area (Å²) < 4.78 is 20.5. The summed E-state index contributed by atoms with van der Waals surface area (Å²) in [6, 6.07) is 0. The number of hydrogen-bond acceptors (Lipinski definition) is 7. The lowest BCUT2D eigenvalue weighted by molar-refractivity contribution is -0.166. The number of rotatable bonds is 4. The van der Waals surface area contributed by atoms with Crippen LogP contribution in [0.2, 0.25) is 0 Å². The topological polar surface area (TPSA) is 149 Å². The third kappa shape index (κ3) is 3.47. The van der Waals surface area contributed by atoms with Gasteiger partial charge in [0, 0.05) is 6.20 Å². The number of halogens is 1. The van der Waals surface area contributed by atoms with E-state index in [2.05, 4.69) is 21.8 Å². The number of hydrogen-bond donors (Lipinski definition) is 4. The third-order valence-corrected chi connectivity index (χ3v) is 3.38. The summed E-state index contributed by atoms with van der Waals surface area (Å²) in [4.78, 5) is 29.9. The fourth-order valence-corrected chi connectivity index (χ4v) is 2.31. The lowest BCUT2D eigenvalue weighted by Gasteiger charge is -2.30. The lowest BCUT2D eigenvalue weighted by Crippen LogP contribution is -2.47. The molecule has 134 valence electrons. The van der Waals surface area contributed by atoms with Crippen LogP contribution in [0, 0.1) is 17.7 Å². The number of nitrogen functional groups attached to an aromatic ring is 1. The molecule has 0 aliphatic rings. The highest BCUT2D eigenvalue weighted by Gasteiger charge is 2.36. The number of aliphatic hydroxyl groups is 1. The number of carbonyl (C=O) groups excluding carboxylic acids is 1.